The lowest BCUT2D eigenvalue weighted by Gasteiger charge is -2.20. The molecule has 0 aromatic heterocycles. The molecule has 0 aromatic carbocycles. The van der Waals surface area contributed by atoms with Gasteiger partial charge in [-0.05, 0) is 25.7 Å². The van der Waals surface area contributed by atoms with E-state index >= 15 is 0 Å². The van der Waals surface area contributed by atoms with Crippen molar-refractivity contribution in [3.05, 3.63) is 0 Å². The lowest BCUT2D eigenvalue weighted by molar-refractivity contribution is -0.154. The number of ether oxygens (including phenoxy) is 2. The fourth-order valence-electron chi connectivity index (χ4n) is 1.26. The van der Waals surface area contributed by atoms with Crippen LogP contribution >= 0.6 is 0 Å². The highest BCUT2D eigenvalue weighted by molar-refractivity contribution is 4.50. The zero-order valence-electron chi connectivity index (χ0n) is 7.34. The summed E-state index contributed by atoms with van der Waals surface area (Å²) in [6.45, 7) is 3.92. The van der Waals surface area contributed by atoms with Crippen LogP contribution in [0.25, 0.3) is 0 Å². The fourth-order valence-corrected chi connectivity index (χ4v) is 1.26. The molecule has 11 heavy (non-hydrogen) atoms. The maximum absolute atomic E-state index is 5.50. The van der Waals surface area contributed by atoms with Crippen LogP contribution in [0.3, 0.4) is 0 Å². The summed E-state index contributed by atoms with van der Waals surface area (Å²) < 4.78 is 11.0. The molecule has 0 bridgehead atoms. The second kappa shape index (κ2) is 5.56. The van der Waals surface area contributed by atoms with Crippen LogP contribution in [0.4, 0.5) is 0 Å². The highest BCUT2D eigenvalue weighted by Gasteiger charge is 2.09. The third-order valence-electron chi connectivity index (χ3n) is 1.92. The summed E-state index contributed by atoms with van der Waals surface area (Å²) in [7, 11) is 0. The topological polar surface area (TPSA) is 18.5 Å². The van der Waals surface area contributed by atoms with E-state index in [2.05, 4.69) is 6.92 Å². The van der Waals surface area contributed by atoms with Crippen molar-refractivity contribution in [1.29, 1.82) is 0 Å². The Morgan fingerprint density at radius 1 is 1.09 bits per heavy atom. The van der Waals surface area contributed by atoms with Gasteiger partial charge in [0.25, 0.3) is 0 Å². The van der Waals surface area contributed by atoms with Gasteiger partial charge in [0.2, 0.25) is 0 Å². The van der Waals surface area contributed by atoms with E-state index in [1.807, 2.05) is 0 Å². The molecule has 2 heteroatoms. The summed E-state index contributed by atoms with van der Waals surface area (Å²) in [4.78, 5) is 0. The van der Waals surface area contributed by atoms with Crippen LogP contribution in [-0.2, 0) is 9.47 Å². The Morgan fingerprint density at radius 3 is 2.27 bits per heavy atom. The Hall–Kier alpha value is -0.0800. The molecule has 0 unspecified atom stereocenters. The Balaban J connectivity index is 2.15. The molecule has 0 aliphatic carbocycles. The monoisotopic (exact) mass is 158 g/mol. The first kappa shape index (κ1) is 9.01. The molecule has 1 fully saturated rings. The van der Waals surface area contributed by atoms with Crippen LogP contribution in [-0.4, -0.2) is 19.5 Å². The molecule has 66 valence electrons. The summed E-state index contributed by atoms with van der Waals surface area (Å²) in [6.07, 6.45) is 5.91. The molecule has 1 rings (SSSR count). The minimum absolute atomic E-state index is 0.0836. The van der Waals surface area contributed by atoms with E-state index in [1.54, 1.807) is 0 Å². The van der Waals surface area contributed by atoms with Gasteiger partial charge in [-0.1, -0.05) is 13.3 Å². The van der Waals surface area contributed by atoms with Crippen molar-refractivity contribution in [2.45, 2.75) is 45.3 Å². The first-order valence-corrected chi connectivity index (χ1v) is 4.66. The number of hydrogen-bond acceptors (Lipinski definition) is 2. The largest absolute Gasteiger partial charge is 0.353 e. The minimum Gasteiger partial charge on any atom is -0.353 e. The van der Waals surface area contributed by atoms with Crippen LogP contribution in [0, 0.1) is 0 Å². The van der Waals surface area contributed by atoms with E-state index in [4.69, 9.17) is 9.47 Å². The van der Waals surface area contributed by atoms with Crippen LogP contribution in [0.1, 0.15) is 39.0 Å². The molecule has 0 radical (unpaired) electrons. The van der Waals surface area contributed by atoms with Gasteiger partial charge in [-0.15, -0.1) is 0 Å². The molecule has 1 aliphatic heterocycles. The van der Waals surface area contributed by atoms with Gasteiger partial charge in [-0.25, -0.2) is 0 Å². The van der Waals surface area contributed by atoms with E-state index in [-0.39, 0.29) is 6.29 Å². The Kier molecular flexibility index (Phi) is 4.55. The second-order valence-corrected chi connectivity index (χ2v) is 3.02. The van der Waals surface area contributed by atoms with Crippen molar-refractivity contribution >= 4 is 0 Å². The lowest BCUT2D eigenvalue weighted by atomic mass is 10.2. The van der Waals surface area contributed by atoms with Gasteiger partial charge in [0.15, 0.2) is 6.29 Å². The van der Waals surface area contributed by atoms with E-state index in [9.17, 15) is 0 Å². The standard InChI is InChI=1S/C9H18O2/c1-2-6-9-10-7-4-3-5-8-11-9/h9H,2-8H2,1H3. The highest BCUT2D eigenvalue weighted by atomic mass is 16.7. The predicted molar refractivity (Wildman–Crippen MR) is 44.5 cm³/mol. The normalized spacial score (nSPS) is 22.6. The van der Waals surface area contributed by atoms with Crippen molar-refractivity contribution in [3.8, 4) is 0 Å². The third kappa shape index (κ3) is 3.73. The Bertz CT molecular complexity index is 85.6. The smallest absolute Gasteiger partial charge is 0.157 e. The molecule has 0 spiro atoms. The molecule has 0 N–H and O–H groups in total. The van der Waals surface area contributed by atoms with E-state index in [0.717, 1.165) is 26.1 Å². The molecule has 1 saturated heterocycles. The van der Waals surface area contributed by atoms with Crippen molar-refractivity contribution in [3.63, 3.8) is 0 Å². The third-order valence-corrected chi connectivity index (χ3v) is 1.92. The average molecular weight is 158 g/mol. The van der Waals surface area contributed by atoms with Crippen LogP contribution in [0.5, 0.6) is 0 Å². The summed E-state index contributed by atoms with van der Waals surface area (Å²) in [5.41, 5.74) is 0. The van der Waals surface area contributed by atoms with Gasteiger partial charge in [0.05, 0.1) is 0 Å². The second-order valence-electron chi connectivity index (χ2n) is 3.02. The quantitative estimate of drug-likeness (QED) is 0.614. The van der Waals surface area contributed by atoms with Crippen LogP contribution in [0.15, 0.2) is 0 Å². The molecule has 1 heterocycles. The summed E-state index contributed by atoms with van der Waals surface area (Å²) in [5.74, 6) is 0. The van der Waals surface area contributed by atoms with Crippen molar-refractivity contribution in [2.75, 3.05) is 13.2 Å². The van der Waals surface area contributed by atoms with E-state index < -0.39 is 0 Å². The molecule has 2 nitrogen and oxygen atoms in total. The first-order valence-electron chi connectivity index (χ1n) is 4.66. The maximum Gasteiger partial charge on any atom is 0.157 e. The van der Waals surface area contributed by atoms with Gasteiger partial charge in [0, 0.05) is 13.2 Å². The van der Waals surface area contributed by atoms with Gasteiger partial charge in [-0.2, -0.15) is 0 Å². The predicted octanol–water partition coefficient (Wildman–Crippen LogP) is 2.33. The molecule has 0 atom stereocenters. The summed E-state index contributed by atoms with van der Waals surface area (Å²) in [5, 5.41) is 0. The molecule has 1 aliphatic rings. The fraction of sp³-hybridized carbons (Fsp3) is 1.00. The molecular weight excluding hydrogens is 140 g/mol. The zero-order chi connectivity index (χ0) is 7.94. The molecule has 0 amide bonds. The SMILES string of the molecule is CCCC1OCCCCCO1. The lowest BCUT2D eigenvalue weighted by Crippen LogP contribution is -2.20. The first-order chi connectivity index (χ1) is 5.43. The van der Waals surface area contributed by atoms with Gasteiger partial charge < -0.3 is 9.47 Å². The van der Waals surface area contributed by atoms with Crippen LogP contribution < -0.4 is 0 Å². The summed E-state index contributed by atoms with van der Waals surface area (Å²) in [6, 6.07) is 0. The molecular formula is C9H18O2. The highest BCUT2D eigenvalue weighted by Crippen LogP contribution is 2.10. The van der Waals surface area contributed by atoms with Gasteiger partial charge >= 0.3 is 0 Å². The van der Waals surface area contributed by atoms with Crippen molar-refractivity contribution < 1.29 is 9.47 Å². The van der Waals surface area contributed by atoms with E-state index in [0.29, 0.717) is 0 Å². The van der Waals surface area contributed by atoms with Crippen molar-refractivity contribution in [2.24, 2.45) is 0 Å². The molecule has 0 aromatic rings. The minimum atomic E-state index is 0.0836. The Morgan fingerprint density at radius 2 is 1.73 bits per heavy atom. The van der Waals surface area contributed by atoms with Gasteiger partial charge in [-0.3, -0.25) is 0 Å². The summed E-state index contributed by atoms with van der Waals surface area (Å²) >= 11 is 0. The zero-order valence-corrected chi connectivity index (χ0v) is 7.34. The van der Waals surface area contributed by atoms with E-state index in [1.165, 1.54) is 19.3 Å². The van der Waals surface area contributed by atoms with Crippen molar-refractivity contribution in [1.82, 2.24) is 0 Å². The average Bonchev–Trinajstić information content (AvgIpc) is 1.94. The van der Waals surface area contributed by atoms with Gasteiger partial charge in [0.1, 0.15) is 0 Å². The van der Waals surface area contributed by atoms with Crippen LogP contribution in [0.2, 0.25) is 0 Å². The maximum atomic E-state index is 5.50. The molecule has 0 saturated carbocycles. The Labute approximate surface area is 68.9 Å². The number of hydrogen-bond donors (Lipinski definition) is 0. The number of rotatable bonds is 2.